The van der Waals surface area contributed by atoms with Crippen LogP contribution >= 0.6 is 0 Å². The van der Waals surface area contributed by atoms with Gasteiger partial charge in [0.25, 0.3) is 0 Å². The van der Waals surface area contributed by atoms with Crippen molar-refractivity contribution >= 4 is 11.8 Å². The minimum atomic E-state index is -0.465. The number of aliphatic imine (C=N–C) groups is 1. The van der Waals surface area contributed by atoms with Gasteiger partial charge in [-0.15, -0.1) is 0 Å². The number of rotatable bonds is 5. The first kappa shape index (κ1) is 20.0. The molecule has 0 unspecified atom stereocenters. The maximum Gasteiger partial charge on any atom is 0.191 e. The molecule has 1 saturated heterocycles. The summed E-state index contributed by atoms with van der Waals surface area (Å²) in [6.07, 6.45) is 1.80. The number of hydrogen-bond acceptors (Lipinski definition) is 4. The molecule has 0 radical (unpaired) electrons. The Morgan fingerprint density at radius 2 is 1.79 bits per heavy atom. The number of halogens is 2. The first-order valence-electron chi connectivity index (χ1n) is 9.32. The Balaban J connectivity index is 1.60. The van der Waals surface area contributed by atoms with Gasteiger partial charge in [-0.05, 0) is 31.3 Å². The Bertz CT molecular complexity index is 818. The third-order valence-electron chi connectivity index (χ3n) is 4.79. The summed E-state index contributed by atoms with van der Waals surface area (Å²) in [7, 11) is 3.76. The number of benzene rings is 1. The van der Waals surface area contributed by atoms with Crippen molar-refractivity contribution in [3.05, 3.63) is 59.3 Å². The fourth-order valence-corrected chi connectivity index (χ4v) is 3.13. The molecule has 0 bridgehead atoms. The van der Waals surface area contributed by atoms with Crippen molar-refractivity contribution in [2.45, 2.75) is 13.1 Å². The minimum absolute atomic E-state index is 0.140. The molecule has 1 aromatic heterocycles. The van der Waals surface area contributed by atoms with Gasteiger partial charge in [-0.2, -0.15) is 0 Å². The normalized spacial score (nSPS) is 15.6. The first-order chi connectivity index (χ1) is 13.6. The molecule has 0 aliphatic carbocycles. The van der Waals surface area contributed by atoms with Gasteiger partial charge in [-0.3, -0.25) is 4.99 Å². The third-order valence-corrected chi connectivity index (χ3v) is 4.79. The van der Waals surface area contributed by atoms with Crippen molar-refractivity contribution in [1.82, 2.24) is 20.5 Å². The molecule has 6 nitrogen and oxygen atoms in total. The van der Waals surface area contributed by atoms with Crippen LogP contribution in [0.3, 0.4) is 0 Å². The zero-order chi connectivity index (χ0) is 19.9. The second kappa shape index (κ2) is 9.45. The lowest BCUT2D eigenvalue weighted by Crippen LogP contribution is -2.45. The van der Waals surface area contributed by atoms with Crippen molar-refractivity contribution in [2.75, 3.05) is 45.2 Å². The predicted molar refractivity (Wildman–Crippen MR) is 107 cm³/mol. The number of pyridine rings is 1. The second-order valence-electron chi connectivity index (χ2n) is 6.79. The van der Waals surface area contributed by atoms with Crippen LogP contribution in [0.2, 0.25) is 0 Å². The van der Waals surface area contributed by atoms with E-state index in [4.69, 9.17) is 0 Å². The van der Waals surface area contributed by atoms with Crippen molar-refractivity contribution in [3.63, 3.8) is 0 Å². The number of anilines is 1. The van der Waals surface area contributed by atoms with Gasteiger partial charge in [-0.1, -0.05) is 6.07 Å². The summed E-state index contributed by atoms with van der Waals surface area (Å²) in [4.78, 5) is 13.3. The van der Waals surface area contributed by atoms with Crippen LogP contribution in [0.4, 0.5) is 14.6 Å². The number of likely N-dealkylation sites (N-methyl/N-ethyl adjacent to an activating group) is 1. The lowest BCUT2D eigenvalue weighted by molar-refractivity contribution is 0.312. The topological polar surface area (TPSA) is 55.8 Å². The summed E-state index contributed by atoms with van der Waals surface area (Å²) in [5.74, 6) is 0.564. The average molecular weight is 388 g/mol. The monoisotopic (exact) mass is 388 g/mol. The van der Waals surface area contributed by atoms with E-state index in [0.717, 1.165) is 49.7 Å². The number of piperazine rings is 1. The highest BCUT2D eigenvalue weighted by Gasteiger charge is 2.18. The molecule has 2 aromatic rings. The summed E-state index contributed by atoms with van der Waals surface area (Å²) in [6.45, 7) is 4.55. The zero-order valence-corrected chi connectivity index (χ0v) is 16.3. The number of guanidine groups is 1. The van der Waals surface area contributed by atoms with E-state index in [2.05, 4.69) is 37.5 Å². The van der Waals surface area contributed by atoms with Crippen molar-refractivity contribution < 1.29 is 8.78 Å². The van der Waals surface area contributed by atoms with Crippen LogP contribution < -0.4 is 15.5 Å². The van der Waals surface area contributed by atoms with Crippen LogP contribution in [0.25, 0.3) is 0 Å². The molecule has 150 valence electrons. The van der Waals surface area contributed by atoms with Crippen LogP contribution in [0.1, 0.15) is 11.1 Å². The maximum absolute atomic E-state index is 13.8. The SMILES string of the molecule is CN=C(NCc1cc(F)ccc1F)NCc1cccnc1N1CCN(C)CC1. The molecule has 0 amide bonds. The van der Waals surface area contributed by atoms with Gasteiger partial charge in [0.05, 0.1) is 0 Å². The molecule has 1 aromatic carbocycles. The summed E-state index contributed by atoms with van der Waals surface area (Å²) >= 11 is 0. The van der Waals surface area contributed by atoms with Crippen molar-refractivity contribution in [3.8, 4) is 0 Å². The maximum atomic E-state index is 13.8. The number of hydrogen-bond donors (Lipinski definition) is 2. The van der Waals surface area contributed by atoms with Crippen molar-refractivity contribution in [2.24, 2.45) is 4.99 Å². The van der Waals surface area contributed by atoms with Gasteiger partial charge in [0.2, 0.25) is 0 Å². The molecule has 28 heavy (non-hydrogen) atoms. The molecule has 1 aliphatic rings. The highest BCUT2D eigenvalue weighted by molar-refractivity contribution is 5.79. The molecular weight excluding hydrogens is 362 g/mol. The molecule has 0 saturated carbocycles. The molecule has 3 rings (SSSR count). The molecule has 0 spiro atoms. The molecule has 2 N–H and O–H groups in total. The fourth-order valence-electron chi connectivity index (χ4n) is 3.13. The van der Waals surface area contributed by atoms with E-state index in [9.17, 15) is 8.78 Å². The number of nitrogens with zero attached hydrogens (tertiary/aromatic N) is 4. The number of aromatic nitrogens is 1. The van der Waals surface area contributed by atoms with E-state index in [0.29, 0.717) is 12.5 Å². The summed E-state index contributed by atoms with van der Waals surface area (Å²) < 4.78 is 27.1. The summed E-state index contributed by atoms with van der Waals surface area (Å²) in [6, 6.07) is 7.36. The van der Waals surface area contributed by atoms with Gasteiger partial charge >= 0.3 is 0 Å². The lowest BCUT2D eigenvalue weighted by Gasteiger charge is -2.34. The average Bonchev–Trinajstić information content (AvgIpc) is 2.71. The van der Waals surface area contributed by atoms with Gasteiger partial charge < -0.3 is 20.4 Å². The smallest absolute Gasteiger partial charge is 0.191 e. The Hall–Kier alpha value is -2.74. The Morgan fingerprint density at radius 3 is 2.50 bits per heavy atom. The highest BCUT2D eigenvalue weighted by atomic mass is 19.1. The largest absolute Gasteiger partial charge is 0.354 e. The van der Waals surface area contributed by atoms with E-state index in [1.54, 1.807) is 13.2 Å². The van der Waals surface area contributed by atoms with Crippen LogP contribution in [0, 0.1) is 11.6 Å². The van der Waals surface area contributed by atoms with Crippen LogP contribution in [-0.2, 0) is 13.1 Å². The third kappa shape index (κ3) is 5.16. The van der Waals surface area contributed by atoms with E-state index in [-0.39, 0.29) is 12.1 Å². The van der Waals surface area contributed by atoms with Gasteiger partial charge in [0.15, 0.2) is 5.96 Å². The Labute approximate surface area is 164 Å². The Morgan fingerprint density at radius 1 is 1.07 bits per heavy atom. The van der Waals surface area contributed by atoms with Gasteiger partial charge in [-0.25, -0.2) is 13.8 Å². The van der Waals surface area contributed by atoms with Crippen LogP contribution in [0.5, 0.6) is 0 Å². The Kier molecular flexibility index (Phi) is 6.76. The first-order valence-corrected chi connectivity index (χ1v) is 9.32. The van der Waals surface area contributed by atoms with E-state index < -0.39 is 11.6 Å². The van der Waals surface area contributed by atoms with E-state index in [1.165, 1.54) is 6.07 Å². The quantitative estimate of drug-likeness (QED) is 0.606. The molecule has 1 aliphatic heterocycles. The highest BCUT2D eigenvalue weighted by Crippen LogP contribution is 2.18. The lowest BCUT2D eigenvalue weighted by atomic mass is 10.2. The molecule has 8 heteroatoms. The minimum Gasteiger partial charge on any atom is -0.354 e. The van der Waals surface area contributed by atoms with Gasteiger partial charge in [0.1, 0.15) is 17.5 Å². The molecular formula is C20H26F2N6. The fraction of sp³-hybridized carbons (Fsp3) is 0.400. The standard InChI is InChI=1S/C20H26F2N6/c1-23-20(26-14-16-12-17(21)5-6-18(16)22)25-13-15-4-3-7-24-19(15)28-10-8-27(2)9-11-28/h3-7,12H,8-11,13-14H2,1-2H3,(H2,23,25,26). The number of nitrogens with one attached hydrogen (secondary N) is 2. The summed E-state index contributed by atoms with van der Waals surface area (Å²) in [5.41, 5.74) is 1.31. The zero-order valence-electron chi connectivity index (χ0n) is 16.3. The van der Waals surface area contributed by atoms with E-state index in [1.807, 2.05) is 12.1 Å². The predicted octanol–water partition coefficient (Wildman–Crippen LogP) is 1.98. The van der Waals surface area contributed by atoms with Crippen LogP contribution in [-0.4, -0.2) is 56.1 Å². The van der Waals surface area contributed by atoms with Gasteiger partial charge in [0, 0.05) is 63.6 Å². The second-order valence-corrected chi connectivity index (χ2v) is 6.79. The van der Waals surface area contributed by atoms with Crippen molar-refractivity contribution in [1.29, 1.82) is 0 Å². The molecule has 0 atom stereocenters. The van der Waals surface area contributed by atoms with Crippen LogP contribution in [0.15, 0.2) is 41.5 Å². The summed E-state index contributed by atoms with van der Waals surface area (Å²) in [5, 5.41) is 6.24. The molecule has 2 heterocycles. The molecule has 1 fully saturated rings. The van der Waals surface area contributed by atoms with E-state index >= 15 is 0 Å².